The zero-order chi connectivity index (χ0) is 20.8. The number of aliphatic carboxylic acids is 1. The van der Waals surface area contributed by atoms with Crippen LogP contribution in [0, 0.1) is 0 Å². The van der Waals surface area contributed by atoms with E-state index in [0.717, 1.165) is 6.07 Å². The third kappa shape index (κ3) is 7.05. The quantitative estimate of drug-likeness (QED) is 0.589. The molecule has 1 amide bonds. The third-order valence-electron chi connectivity index (χ3n) is 2.47. The van der Waals surface area contributed by atoms with Crippen molar-refractivity contribution in [1.29, 1.82) is 0 Å². The largest absolute Gasteiger partial charge is 0.490 e. The molecule has 2 heterocycles. The Morgan fingerprint density at radius 3 is 1.96 bits per heavy atom. The minimum absolute atomic E-state index is 0.0152. The Labute approximate surface area is 150 Å². The molecule has 0 fully saturated rings. The number of carbonyl (C=O) groups is 3. The summed E-state index contributed by atoms with van der Waals surface area (Å²) in [6.45, 7) is 0. The van der Waals surface area contributed by atoms with Crippen LogP contribution in [0.1, 0.15) is 19.3 Å². The second-order valence-corrected chi connectivity index (χ2v) is 5.57. The number of hydrogen-bond acceptors (Lipinski definition) is 5. The van der Waals surface area contributed by atoms with Crippen molar-refractivity contribution < 1.29 is 45.8 Å². The molecular weight excluding hydrogens is 406 g/mol. The van der Waals surface area contributed by atoms with E-state index in [1.165, 1.54) is 18.5 Å². The number of Topliss-reactive ketones (excluding diaryl/α,β-unsaturated/α-hetero) is 1. The Bertz CT molecular complexity index is 817. The van der Waals surface area contributed by atoms with Crippen LogP contribution < -0.4 is 5.32 Å². The van der Waals surface area contributed by atoms with E-state index >= 15 is 0 Å². The van der Waals surface area contributed by atoms with Gasteiger partial charge in [-0.25, -0.2) is 4.79 Å². The van der Waals surface area contributed by atoms with Crippen LogP contribution in [0.4, 0.5) is 32.0 Å². The number of carboxylic acid groups (broad SMARTS) is 1. The number of amides is 1. The Morgan fingerprint density at radius 1 is 0.963 bits per heavy atom. The van der Waals surface area contributed by atoms with Crippen molar-refractivity contribution in [2.45, 2.75) is 12.4 Å². The first kappa shape index (κ1) is 22.1. The molecule has 0 aliphatic carbocycles. The molecule has 2 aromatic rings. The van der Waals surface area contributed by atoms with Crippen LogP contribution in [0.2, 0.25) is 0 Å². The lowest BCUT2D eigenvalue weighted by Gasteiger charge is -2.02. The highest BCUT2D eigenvalue weighted by Crippen LogP contribution is 2.26. The average Bonchev–Trinajstić information content (AvgIpc) is 3.03. The van der Waals surface area contributed by atoms with Crippen molar-refractivity contribution in [3.05, 3.63) is 46.4 Å². The number of carboxylic acids is 1. The molecule has 0 aliphatic heterocycles. The average molecular weight is 414 g/mol. The molecule has 0 spiro atoms. The fourth-order valence-electron chi connectivity index (χ4n) is 1.35. The van der Waals surface area contributed by atoms with Gasteiger partial charge in [0.1, 0.15) is 0 Å². The molecular formula is C14H8F6N2O4S. The van der Waals surface area contributed by atoms with Crippen LogP contribution in [-0.4, -0.2) is 40.1 Å². The number of hydrogen-bond donors (Lipinski definition) is 2. The zero-order valence-corrected chi connectivity index (χ0v) is 13.6. The summed E-state index contributed by atoms with van der Waals surface area (Å²) in [5, 5.41) is 9.59. The zero-order valence-electron chi connectivity index (χ0n) is 12.8. The number of ketones is 1. The lowest BCUT2D eigenvalue weighted by Crippen LogP contribution is -2.21. The van der Waals surface area contributed by atoms with Crippen molar-refractivity contribution >= 4 is 34.7 Å². The molecule has 0 aromatic carbocycles. The molecule has 27 heavy (non-hydrogen) atoms. The number of pyridine rings is 1. The van der Waals surface area contributed by atoms with E-state index in [1.54, 1.807) is 12.1 Å². The highest BCUT2D eigenvalue weighted by atomic mass is 32.1. The standard InChI is InChI=1S/C12H7F3N2O2S.C2HF3O2/c13-12(14,15)10(18)8-3-4-9(20-8)11(19)17-7-2-1-5-16-6-7;3-2(4,5)1(6)7/h1-6H,(H,17,19);(H,6,7). The second-order valence-electron chi connectivity index (χ2n) is 4.49. The van der Waals surface area contributed by atoms with Gasteiger partial charge in [0.15, 0.2) is 0 Å². The van der Waals surface area contributed by atoms with E-state index in [4.69, 9.17) is 9.90 Å². The van der Waals surface area contributed by atoms with Crippen LogP contribution in [-0.2, 0) is 4.79 Å². The second kappa shape index (κ2) is 8.62. The van der Waals surface area contributed by atoms with Gasteiger partial charge in [-0.1, -0.05) is 0 Å². The van der Waals surface area contributed by atoms with Crippen LogP contribution in [0.3, 0.4) is 0 Å². The van der Waals surface area contributed by atoms with Gasteiger partial charge in [0.2, 0.25) is 0 Å². The fourth-order valence-corrected chi connectivity index (χ4v) is 2.21. The summed E-state index contributed by atoms with van der Waals surface area (Å²) in [6.07, 6.45) is -7.11. The number of nitrogens with one attached hydrogen (secondary N) is 1. The summed E-state index contributed by atoms with van der Waals surface area (Å²) >= 11 is 0.493. The molecule has 146 valence electrons. The van der Waals surface area contributed by atoms with Gasteiger partial charge in [0.25, 0.3) is 11.7 Å². The maximum atomic E-state index is 12.2. The number of carbonyl (C=O) groups excluding carboxylic acids is 2. The number of nitrogens with zero attached hydrogens (tertiary/aromatic N) is 1. The van der Waals surface area contributed by atoms with Gasteiger partial charge in [0.05, 0.1) is 21.6 Å². The Morgan fingerprint density at radius 2 is 1.52 bits per heavy atom. The number of aromatic nitrogens is 1. The van der Waals surface area contributed by atoms with E-state index in [1.807, 2.05) is 0 Å². The van der Waals surface area contributed by atoms with Crippen LogP contribution in [0.25, 0.3) is 0 Å². The van der Waals surface area contributed by atoms with E-state index < -0.39 is 34.9 Å². The lowest BCUT2D eigenvalue weighted by molar-refractivity contribution is -0.192. The molecule has 0 bridgehead atoms. The topological polar surface area (TPSA) is 96.4 Å². The van der Waals surface area contributed by atoms with Gasteiger partial charge in [-0.3, -0.25) is 14.6 Å². The predicted molar refractivity (Wildman–Crippen MR) is 80.6 cm³/mol. The first-order chi connectivity index (χ1) is 12.3. The maximum Gasteiger partial charge on any atom is 0.490 e. The molecule has 6 nitrogen and oxygen atoms in total. The van der Waals surface area contributed by atoms with Crippen molar-refractivity contribution in [1.82, 2.24) is 4.98 Å². The van der Waals surface area contributed by atoms with E-state index in [0.29, 0.717) is 17.0 Å². The van der Waals surface area contributed by atoms with E-state index in [-0.39, 0.29) is 4.88 Å². The summed E-state index contributed by atoms with van der Waals surface area (Å²) < 4.78 is 68.5. The Balaban J connectivity index is 0.000000445. The first-order valence-electron chi connectivity index (χ1n) is 6.55. The van der Waals surface area contributed by atoms with Gasteiger partial charge in [-0.2, -0.15) is 26.3 Å². The molecule has 2 N–H and O–H groups in total. The van der Waals surface area contributed by atoms with Crippen LogP contribution in [0.5, 0.6) is 0 Å². The molecule has 0 aliphatic rings. The molecule has 0 unspecified atom stereocenters. The first-order valence-corrected chi connectivity index (χ1v) is 7.37. The predicted octanol–water partition coefficient (Wildman–Crippen LogP) is 3.77. The van der Waals surface area contributed by atoms with Crippen molar-refractivity contribution in [3.8, 4) is 0 Å². The molecule has 2 rings (SSSR count). The highest BCUT2D eigenvalue weighted by Gasteiger charge is 2.40. The SMILES string of the molecule is O=C(Nc1cccnc1)c1ccc(C(=O)C(F)(F)F)s1.O=C(O)C(F)(F)F. The fraction of sp³-hybridized carbons (Fsp3) is 0.143. The van der Waals surface area contributed by atoms with Gasteiger partial charge >= 0.3 is 18.3 Å². The Kier molecular flexibility index (Phi) is 7.05. The number of anilines is 1. The van der Waals surface area contributed by atoms with Crippen molar-refractivity contribution in [2.75, 3.05) is 5.32 Å². The summed E-state index contributed by atoms with van der Waals surface area (Å²) in [5.74, 6) is -5.31. The van der Waals surface area contributed by atoms with E-state index in [2.05, 4.69) is 10.3 Å². The summed E-state index contributed by atoms with van der Waals surface area (Å²) in [5.41, 5.74) is 0.412. The number of alkyl halides is 6. The van der Waals surface area contributed by atoms with Gasteiger partial charge in [0, 0.05) is 6.20 Å². The number of rotatable bonds is 3. The summed E-state index contributed by atoms with van der Waals surface area (Å²) in [6, 6.07) is 5.34. The molecule has 0 saturated heterocycles. The maximum absolute atomic E-state index is 12.2. The minimum Gasteiger partial charge on any atom is -0.475 e. The molecule has 0 saturated carbocycles. The summed E-state index contributed by atoms with van der Waals surface area (Å²) in [7, 11) is 0. The van der Waals surface area contributed by atoms with Crippen molar-refractivity contribution in [3.63, 3.8) is 0 Å². The third-order valence-corrected chi connectivity index (χ3v) is 3.56. The van der Waals surface area contributed by atoms with Crippen LogP contribution >= 0.6 is 11.3 Å². The Hall–Kier alpha value is -2.96. The molecule has 13 heteroatoms. The van der Waals surface area contributed by atoms with Gasteiger partial charge < -0.3 is 10.4 Å². The monoisotopic (exact) mass is 414 g/mol. The minimum atomic E-state index is -5.08. The highest BCUT2D eigenvalue weighted by molar-refractivity contribution is 7.16. The normalized spacial score (nSPS) is 11.2. The smallest absolute Gasteiger partial charge is 0.475 e. The number of thiophene rings is 1. The lowest BCUT2D eigenvalue weighted by atomic mass is 10.3. The van der Waals surface area contributed by atoms with Gasteiger partial charge in [-0.15, -0.1) is 11.3 Å². The van der Waals surface area contributed by atoms with Gasteiger partial charge in [-0.05, 0) is 24.3 Å². The molecule has 2 aromatic heterocycles. The van der Waals surface area contributed by atoms with Crippen molar-refractivity contribution in [2.24, 2.45) is 0 Å². The molecule has 0 radical (unpaired) electrons. The van der Waals surface area contributed by atoms with Crippen LogP contribution in [0.15, 0.2) is 36.7 Å². The number of halogens is 6. The summed E-state index contributed by atoms with van der Waals surface area (Å²) in [4.78, 5) is 35.0. The molecule has 0 atom stereocenters. The van der Waals surface area contributed by atoms with E-state index in [9.17, 15) is 35.9 Å².